The molecule has 0 aromatic heterocycles. The summed E-state index contributed by atoms with van der Waals surface area (Å²) in [6.45, 7) is 0.687. The van der Waals surface area contributed by atoms with Crippen LogP contribution in [0.2, 0.25) is 0 Å². The van der Waals surface area contributed by atoms with Gasteiger partial charge in [-0.2, -0.15) is 0 Å². The Balaban J connectivity index is 1.92. The van der Waals surface area contributed by atoms with E-state index in [0.29, 0.717) is 24.7 Å². The van der Waals surface area contributed by atoms with Crippen LogP contribution < -0.4 is 5.32 Å². The molecule has 0 aliphatic carbocycles. The summed E-state index contributed by atoms with van der Waals surface area (Å²) in [4.78, 5) is 2.43. The van der Waals surface area contributed by atoms with E-state index >= 15 is 0 Å². The van der Waals surface area contributed by atoms with Gasteiger partial charge >= 0.3 is 0 Å². The van der Waals surface area contributed by atoms with Gasteiger partial charge in [-0.3, -0.25) is 4.90 Å². The van der Waals surface area contributed by atoms with Gasteiger partial charge in [0.2, 0.25) is 10.0 Å². The fraction of sp³-hybridized carbons (Fsp3) is 1.00. The van der Waals surface area contributed by atoms with Crippen LogP contribution in [0.4, 0.5) is 0 Å². The largest absolute Gasteiger partial charge is 0.317 e. The predicted molar refractivity (Wildman–Crippen MR) is 73.1 cm³/mol. The van der Waals surface area contributed by atoms with E-state index in [4.69, 9.17) is 0 Å². The smallest absolute Gasteiger partial charge is 0.214 e. The highest BCUT2D eigenvalue weighted by molar-refractivity contribution is 7.89. The first-order valence-electron chi connectivity index (χ1n) is 6.77. The maximum atomic E-state index is 11.8. The molecule has 2 saturated heterocycles. The lowest BCUT2D eigenvalue weighted by molar-refractivity contribution is 0.127. The number of hydrogen-bond acceptors (Lipinski definition) is 4. The number of fused-ring (bicyclic) bond motifs is 2. The van der Waals surface area contributed by atoms with Crippen molar-refractivity contribution < 1.29 is 8.42 Å². The minimum absolute atomic E-state index is 0.247. The SMILES string of the molecule is CNC1CC2CCC(C1)N2CCS(=O)(=O)N(C)C. The number of nitrogens with one attached hydrogen (secondary N) is 1. The van der Waals surface area contributed by atoms with E-state index < -0.39 is 10.0 Å². The lowest BCUT2D eigenvalue weighted by Gasteiger charge is -2.38. The summed E-state index contributed by atoms with van der Waals surface area (Å²) in [5.74, 6) is 0.247. The van der Waals surface area contributed by atoms with Crippen LogP contribution in [0.15, 0.2) is 0 Å². The highest BCUT2D eigenvalue weighted by atomic mass is 32.2. The highest BCUT2D eigenvalue weighted by Gasteiger charge is 2.40. The maximum absolute atomic E-state index is 11.8. The standard InChI is InChI=1S/C12H25N3O2S/c1-13-10-8-11-4-5-12(9-10)15(11)6-7-18(16,17)14(2)3/h10-13H,4-9H2,1-3H3. The molecule has 0 aromatic rings. The number of sulfonamides is 1. The van der Waals surface area contributed by atoms with Crippen LogP contribution in [0.1, 0.15) is 25.7 Å². The summed E-state index contributed by atoms with van der Waals surface area (Å²) >= 11 is 0. The molecular formula is C12H25N3O2S. The lowest BCUT2D eigenvalue weighted by Crippen LogP contribution is -2.50. The van der Waals surface area contributed by atoms with Gasteiger partial charge in [0.05, 0.1) is 5.75 Å². The second kappa shape index (κ2) is 5.45. The first-order valence-corrected chi connectivity index (χ1v) is 8.38. The molecule has 2 heterocycles. The van der Waals surface area contributed by atoms with Gasteiger partial charge in [0.15, 0.2) is 0 Å². The Hall–Kier alpha value is -0.170. The van der Waals surface area contributed by atoms with Crippen molar-refractivity contribution in [2.75, 3.05) is 33.4 Å². The van der Waals surface area contributed by atoms with Crippen molar-refractivity contribution in [3.63, 3.8) is 0 Å². The van der Waals surface area contributed by atoms with Crippen LogP contribution in [0.25, 0.3) is 0 Å². The molecule has 2 bridgehead atoms. The monoisotopic (exact) mass is 275 g/mol. The van der Waals surface area contributed by atoms with Crippen molar-refractivity contribution in [1.29, 1.82) is 0 Å². The van der Waals surface area contributed by atoms with Gasteiger partial charge in [-0.25, -0.2) is 12.7 Å². The highest BCUT2D eigenvalue weighted by Crippen LogP contribution is 2.35. The minimum atomic E-state index is -3.06. The van der Waals surface area contributed by atoms with Crippen LogP contribution in [-0.2, 0) is 10.0 Å². The molecule has 5 nitrogen and oxygen atoms in total. The third-order valence-corrected chi connectivity index (χ3v) is 6.27. The summed E-state index contributed by atoms with van der Waals surface area (Å²) in [7, 11) is 2.18. The summed E-state index contributed by atoms with van der Waals surface area (Å²) in [5.41, 5.74) is 0. The molecule has 2 unspecified atom stereocenters. The second-order valence-electron chi connectivity index (χ2n) is 5.68. The third kappa shape index (κ3) is 2.87. The first kappa shape index (κ1) is 14.2. The molecule has 2 fully saturated rings. The number of rotatable bonds is 5. The molecule has 0 radical (unpaired) electrons. The van der Waals surface area contributed by atoms with E-state index in [2.05, 4.69) is 10.2 Å². The van der Waals surface area contributed by atoms with Gasteiger partial charge in [0.1, 0.15) is 0 Å². The van der Waals surface area contributed by atoms with Crippen LogP contribution in [0, 0.1) is 0 Å². The van der Waals surface area contributed by atoms with E-state index in [1.807, 2.05) is 7.05 Å². The van der Waals surface area contributed by atoms with Gasteiger partial charge in [0.25, 0.3) is 0 Å². The Morgan fingerprint density at radius 1 is 1.22 bits per heavy atom. The Morgan fingerprint density at radius 3 is 2.22 bits per heavy atom. The van der Waals surface area contributed by atoms with E-state index in [1.54, 1.807) is 14.1 Å². The molecule has 2 rings (SSSR count). The molecule has 6 heteroatoms. The molecule has 0 amide bonds. The normalized spacial score (nSPS) is 33.2. The molecule has 2 aliphatic rings. The van der Waals surface area contributed by atoms with Crippen LogP contribution in [0.5, 0.6) is 0 Å². The Bertz CT molecular complexity index is 369. The number of piperidine rings is 1. The summed E-state index contributed by atoms with van der Waals surface area (Å²) < 4.78 is 25.0. The van der Waals surface area contributed by atoms with Crippen molar-refractivity contribution >= 4 is 10.0 Å². The van der Waals surface area contributed by atoms with Gasteiger partial charge in [-0.15, -0.1) is 0 Å². The summed E-state index contributed by atoms with van der Waals surface area (Å²) in [6, 6.07) is 1.78. The zero-order valence-corrected chi connectivity index (χ0v) is 12.4. The lowest BCUT2D eigenvalue weighted by atomic mass is 9.98. The first-order chi connectivity index (χ1) is 8.44. The van der Waals surface area contributed by atoms with Crippen LogP contribution in [-0.4, -0.2) is 69.2 Å². The van der Waals surface area contributed by atoms with Crippen LogP contribution >= 0.6 is 0 Å². The minimum Gasteiger partial charge on any atom is -0.317 e. The predicted octanol–water partition coefficient (Wildman–Crippen LogP) is 0.0926. The molecular weight excluding hydrogens is 250 g/mol. The average Bonchev–Trinajstić information content (AvgIpc) is 2.56. The van der Waals surface area contributed by atoms with Crippen LogP contribution in [0.3, 0.4) is 0 Å². The topological polar surface area (TPSA) is 52.7 Å². The zero-order valence-electron chi connectivity index (χ0n) is 11.6. The molecule has 0 aromatic carbocycles. The molecule has 2 atom stereocenters. The molecule has 1 N–H and O–H groups in total. The zero-order chi connectivity index (χ0) is 13.3. The molecule has 106 valence electrons. The molecule has 2 aliphatic heterocycles. The Labute approximate surface area is 111 Å². The van der Waals surface area contributed by atoms with Crippen molar-refractivity contribution in [3.05, 3.63) is 0 Å². The van der Waals surface area contributed by atoms with Gasteiger partial charge in [-0.05, 0) is 32.7 Å². The Morgan fingerprint density at radius 2 is 1.78 bits per heavy atom. The molecule has 0 saturated carbocycles. The quantitative estimate of drug-likeness (QED) is 0.773. The van der Waals surface area contributed by atoms with E-state index in [0.717, 1.165) is 12.8 Å². The van der Waals surface area contributed by atoms with Crippen molar-refractivity contribution in [1.82, 2.24) is 14.5 Å². The van der Waals surface area contributed by atoms with E-state index in [1.165, 1.54) is 17.1 Å². The summed E-state index contributed by atoms with van der Waals surface area (Å²) in [5, 5.41) is 3.36. The van der Waals surface area contributed by atoms with Crippen molar-refractivity contribution in [2.45, 2.75) is 43.8 Å². The Kier molecular flexibility index (Phi) is 4.31. The molecule has 18 heavy (non-hydrogen) atoms. The van der Waals surface area contributed by atoms with Gasteiger partial charge < -0.3 is 5.32 Å². The van der Waals surface area contributed by atoms with E-state index in [9.17, 15) is 8.42 Å². The molecule has 0 spiro atoms. The maximum Gasteiger partial charge on any atom is 0.214 e. The van der Waals surface area contributed by atoms with E-state index in [-0.39, 0.29) is 5.75 Å². The fourth-order valence-corrected chi connectivity index (χ4v) is 4.09. The number of nitrogens with zero attached hydrogens (tertiary/aromatic N) is 2. The van der Waals surface area contributed by atoms with Crippen molar-refractivity contribution in [3.8, 4) is 0 Å². The fourth-order valence-electron chi connectivity index (χ4n) is 3.28. The average molecular weight is 275 g/mol. The third-order valence-electron chi connectivity index (χ3n) is 4.46. The number of hydrogen-bond donors (Lipinski definition) is 1. The summed E-state index contributed by atoms with van der Waals surface area (Å²) in [6.07, 6.45) is 4.78. The van der Waals surface area contributed by atoms with Crippen molar-refractivity contribution in [2.24, 2.45) is 0 Å². The second-order valence-corrected chi connectivity index (χ2v) is 7.98. The van der Waals surface area contributed by atoms with Gasteiger partial charge in [0, 0.05) is 38.8 Å². The van der Waals surface area contributed by atoms with Gasteiger partial charge in [-0.1, -0.05) is 0 Å².